The van der Waals surface area contributed by atoms with E-state index < -0.39 is 23.7 Å². The molecule has 0 spiro atoms. The molecule has 2 aromatic rings. The molecule has 3 N–H and O–H groups in total. The van der Waals surface area contributed by atoms with E-state index >= 15 is 0 Å². The van der Waals surface area contributed by atoms with Crippen LogP contribution < -0.4 is 5.73 Å². The highest BCUT2D eigenvalue weighted by Gasteiger charge is 2.25. The highest BCUT2D eigenvalue weighted by atomic mass is 79.9. The lowest BCUT2D eigenvalue weighted by Crippen LogP contribution is -2.21. The minimum Gasteiger partial charge on any atom is -0.388 e. The summed E-state index contributed by atoms with van der Waals surface area (Å²) in [5.74, 6) is -1.84. The zero-order valence-corrected chi connectivity index (χ0v) is 13.2. The molecule has 2 atom stereocenters. The molecule has 2 unspecified atom stereocenters. The summed E-state index contributed by atoms with van der Waals surface area (Å²) in [5, 5.41) is 10.4. The fraction of sp³-hybridized carbons (Fsp3) is 0.200. The smallest absolute Gasteiger partial charge is 0.145 e. The van der Waals surface area contributed by atoms with Crippen molar-refractivity contribution >= 4 is 27.5 Å². The van der Waals surface area contributed by atoms with Crippen molar-refractivity contribution in [3.63, 3.8) is 0 Å². The van der Waals surface area contributed by atoms with Crippen LogP contribution in [0.5, 0.6) is 0 Å². The number of aliphatic hydroxyl groups excluding tert-OH is 1. The van der Waals surface area contributed by atoms with Crippen LogP contribution in [-0.2, 0) is 0 Å². The topological polar surface area (TPSA) is 46.2 Å². The first kappa shape index (κ1) is 16.4. The molecule has 0 saturated heterocycles. The van der Waals surface area contributed by atoms with Gasteiger partial charge < -0.3 is 10.8 Å². The van der Waals surface area contributed by atoms with Crippen LogP contribution in [0.3, 0.4) is 0 Å². The van der Waals surface area contributed by atoms with Crippen LogP contribution in [0.4, 0.5) is 8.78 Å². The van der Waals surface area contributed by atoms with Crippen molar-refractivity contribution in [1.82, 2.24) is 0 Å². The quantitative estimate of drug-likeness (QED) is 0.842. The lowest BCUT2D eigenvalue weighted by molar-refractivity contribution is 0.145. The molecule has 0 radical (unpaired) electrons. The molecule has 6 heteroatoms. The average Bonchev–Trinajstić information content (AvgIpc) is 2.47. The average molecular weight is 377 g/mol. The Morgan fingerprint density at radius 3 is 2.57 bits per heavy atom. The van der Waals surface area contributed by atoms with Gasteiger partial charge in [0.2, 0.25) is 0 Å². The summed E-state index contributed by atoms with van der Waals surface area (Å²) in [6.07, 6.45) is -1.13. The fourth-order valence-corrected chi connectivity index (χ4v) is 2.59. The maximum absolute atomic E-state index is 14.1. The molecule has 0 fully saturated rings. The largest absolute Gasteiger partial charge is 0.388 e. The van der Waals surface area contributed by atoms with E-state index in [9.17, 15) is 13.9 Å². The molecule has 0 heterocycles. The summed E-state index contributed by atoms with van der Waals surface area (Å²) in [7, 11) is 0. The zero-order chi connectivity index (χ0) is 15.6. The number of benzene rings is 2. The Labute approximate surface area is 134 Å². The molecule has 0 aliphatic rings. The van der Waals surface area contributed by atoms with Crippen molar-refractivity contribution in [2.75, 3.05) is 6.54 Å². The standard InChI is InChI=1S/C15H13BrClF2NO/c16-11-5-4-8(6-13(11)18)15(21)10(7-20)9-2-1-3-12(17)14(9)19/h1-6,10,15,21H,7,20H2. The maximum Gasteiger partial charge on any atom is 0.145 e. The molecular weight excluding hydrogens is 364 g/mol. The van der Waals surface area contributed by atoms with Crippen molar-refractivity contribution < 1.29 is 13.9 Å². The number of rotatable bonds is 4. The molecule has 0 aromatic heterocycles. The van der Waals surface area contributed by atoms with Gasteiger partial charge in [0.15, 0.2) is 0 Å². The van der Waals surface area contributed by atoms with Crippen LogP contribution in [0.1, 0.15) is 23.1 Å². The second kappa shape index (κ2) is 6.83. The molecule has 112 valence electrons. The van der Waals surface area contributed by atoms with E-state index in [4.69, 9.17) is 17.3 Å². The summed E-state index contributed by atoms with van der Waals surface area (Å²) in [4.78, 5) is 0. The lowest BCUT2D eigenvalue weighted by Gasteiger charge is -2.23. The molecule has 0 aliphatic carbocycles. The van der Waals surface area contributed by atoms with Crippen LogP contribution in [-0.4, -0.2) is 11.7 Å². The fourth-order valence-electron chi connectivity index (χ4n) is 2.16. The van der Waals surface area contributed by atoms with E-state index in [1.54, 1.807) is 12.1 Å². The summed E-state index contributed by atoms with van der Waals surface area (Å²) < 4.78 is 27.9. The van der Waals surface area contributed by atoms with E-state index in [-0.39, 0.29) is 21.6 Å². The van der Waals surface area contributed by atoms with E-state index in [1.807, 2.05) is 0 Å². The Hall–Kier alpha value is -1.01. The van der Waals surface area contributed by atoms with Gasteiger partial charge in [0.05, 0.1) is 15.6 Å². The van der Waals surface area contributed by atoms with E-state index in [2.05, 4.69) is 15.9 Å². The van der Waals surface area contributed by atoms with Gasteiger partial charge in [0.1, 0.15) is 11.6 Å². The van der Waals surface area contributed by atoms with Crippen molar-refractivity contribution in [1.29, 1.82) is 0 Å². The van der Waals surface area contributed by atoms with E-state index in [1.165, 1.54) is 24.3 Å². The Morgan fingerprint density at radius 1 is 1.24 bits per heavy atom. The van der Waals surface area contributed by atoms with E-state index in [0.717, 1.165) is 0 Å². The van der Waals surface area contributed by atoms with Crippen LogP contribution in [0.15, 0.2) is 40.9 Å². The molecule has 2 nitrogen and oxygen atoms in total. The van der Waals surface area contributed by atoms with Crippen molar-refractivity contribution in [2.24, 2.45) is 5.73 Å². The predicted octanol–water partition coefficient (Wildman–Crippen LogP) is 4.16. The van der Waals surface area contributed by atoms with Crippen LogP contribution in [0, 0.1) is 11.6 Å². The van der Waals surface area contributed by atoms with Gasteiger partial charge in [-0.15, -0.1) is 0 Å². The van der Waals surface area contributed by atoms with Crippen LogP contribution >= 0.6 is 27.5 Å². The molecular formula is C15H13BrClF2NO. The monoisotopic (exact) mass is 375 g/mol. The number of hydrogen-bond donors (Lipinski definition) is 2. The van der Waals surface area contributed by atoms with Gasteiger partial charge in [0.25, 0.3) is 0 Å². The van der Waals surface area contributed by atoms with Gasteiger partial charge in [-0.1, -0.05) is 29.8 Å². The summed E-state index contributed by atoms with van der Waals surface area (Å²) in [6, 6.07) is 8.74. The molecule has 21 heavy (non-hydrogen) atoms. The number of halogens is 4. The Morgan fingerprint density at radius 2 is 1.95 bits per heavy atom. The summed E-state index contributed by atoms with van der Waals surface area (Å²) in [5.41, 5.74) is 6.19. The van der Waals surface area contributed by atoms with Gasteiger partial charge in [-0.25, -0.2) is 8.78 Å². The van der Waals surface area contributed by atoms with Gasteiger partial charge in [-0.3, -0.25) is 0 Å². The summed E-state index contributed by atoms with van der Waals surface area (Å²) in [6.45, 7) is -0.00386. The second-order valence-electron chi connectivity index (χ2n) is 4.60. The Bertz CT molecular complexity index is 654. The lowest BCUT2D eigenvalue weighted by atomic mass is 9.89. The highest BCUT2D eigenvalue weighted by Crippen LogP contribution is 2.34. The first-order chi connectivity index (χ1) is 9.95. The Kier molecular flexibility index (Phi) is 5.32. The van der Waals surface area contributed by atoms with Crippen molar-refractivity contribution in [3.8, 4) is 0 Å². The molecule has 0 saturated carbocycles. The molecule has 0 bridgehead atoms. The highest BCUT2D eigenvalue weighted by molar-refractivity contribution is 9.10. The predicted molar refractivity (Wildman–Crippen MR) is 82.3 cm³/mol. The first-order valence-corrected chi connectivity index (χ1v) is 7.39. The third-order valence-corrected chi connectivity index (χ3v) is 4.24. The second-order valence-corrected chi connectivity index (χ2v) is 5.87. The number of hydrogen-bond acceptors (Lipinski definition) is 2. The van der Waals surface area contributed by atoms with Crippen molar-refractivity contribution in [3.05, 3.63) is 68.7 Å². The minimum atomic E-state index is -1.13. The minimum absolute atomic E-state index is 0.00386. The van der Waals surface area contributed by atoms with Gasteiger partial charge in [0, 0.05) is 12.5 Å². The zero-order valence-electron chi connectivity index (χ0n) is 10.9. The number of nitrogens with two attached hydrogens (primary N) is 1. The Balaban J connectivity index is 2.40. The van der Waals surface area contributed by atoms with Crippen molar-refractivity contribution in [2.45, 2.75) is 12.0 Å². The van der Waals surface area contributed by atoms with Crippen LogP contribution in [0.25, 0.3) is 0 Å². The maximum atomic E-state index is 14.1. The molecule has 0 aliphatic heterocycles. The molecule has 2 aromatic carbocycles. The first-order valence-electron chi connectivity index (χ1n) is 6.22. The molecule has 2 rings (SSSR count). The third kappa shape index (κ3) is 3.43. The number of aliphatic hydroxyl groups is 1. The third-order valence-electron chi connectivity index (χ3n) is 3.30. The SMILES string of the molecule is NCC(c1cccc(Cl)c1F)C(O)c1ccc(Br)c(F)c1. The summed E-state index contributed by atoms with van der Waals surface area (Å²) >= 11 is 8.79. The van der Waals surface area contributed by atoms with Gasteiger partial charge >= 0.3 is 0 Å². The van der Waals surface area contributed by atoms with Gasteiger partial charge in [-0.2, -0.15) is 0 Å². The van der Waals surface area contributed by atoms with Gasteiger partial charge in [-0.05, 0) is 45.3 Å². The molecule has 0 amide bonds. The van der Waals surface area contributed by atoms with Crippen LogP contribution in [0.2, 0.25) is 5.02 Å². The van der Waals surface area contributed by atoms with E-state index in [0.29, 0.717) is 5.56 Å². The normalized spacial score (nSPS) is 14.0.